The summed E-state index contributed by atoms with van der Waals surface area (Å²) < 4.78 is 23.7. The van der Waals surface area contributed by atoms with E-state index < -0.39 is 6.43 Å². The molecule has 0 saturated carbocycles. The maximum Gasteiger partial charge on any atom is 0.255 e. The van der Waals surface area contributed by atoms with E-state index in [0.29, 0.717) is 0 Å². The monoisotopic (exact) mass is 200 g/mol. The third kappa shape index (κ3) is 3.20. The van der Waals surface area contributed by atoms with Gasteiger partial charge in [-0.25, -0.2) is 8.78 Å². The Bertz CT molecular complexity index is 270. The summed E-state index contributed by atoms with van der Waals surface area (Å²) in [4.78, 5) is 1.96. The van der Waals surface area contributed by atoms with Crippen molar-refractivity contribution in [1.29, 1.82) is 0 Å². The zero-order valence-electron chi connectivity index (χ0n) is 8.30. The lowest BCUT2D eigenvalue weighted by molar-refractivity contribution is 0.163. The van der Waals surface area contributed by atoms with Crippen molar-refractivity contribution in [3.8, 4) is 0 Å². The molecule has 0 saturated heterocycles. The third-order valence-electron chi connectivity index (χ3n) is 1.84. The van der Waals surface area contributed by atoms with E-state index in [1.165, 1.54) is 0 Å². The van der Waals surface area contributed by atoms with Crippen LogP contribution in [-0.4, -0.2) is 27.1 Å². The largest absolute Gasteiger partial charge is 0.379 e. The molecule has 0 aliphatic heterocycles. The molecule has 1 rings (SSSR count). The van der Waals surface area contributed by atoms with E-state index in [1.54, 1.807) is 12.1 Å². The number of nitrogens with zero attached hydrogens (tertiary/aromatic N) is 1. The topological polar surface area (TPSA) is 15.3 Å². The fourth-order valence-electron chi connectivity index (χ4n) is 1.07. The summed E-state index contributed by atoms with van der Waals surface area (Å²) >= 11 is 0. The number of rotatable bonds is 4. The molecule has 0 fully saturated rings. The van der Waals surface area contributed by atoms with Crippen molar-refractivity contribution in [2.24, 2.45) is 0 Å². The second kappa shape index (κ2) is 4.79. The number of anilines is 2. The highest BCUT2D eigenvalue weighted by molar-refractivity contribution is 5.54. The van der Waals surface area contributed by atoms with Crippen LogP contribution >= 0.6 is 0 Å². The van der Waals surface area contributed by atoms with E-state index in [-0.39, 0.29) is 6.54 Å². The van der Waals surface area contributed by atoms with E-state index in [2.05, 4.69) is 5.32 Å². The summed E-state index contributed by atoms with van der Waals surface area (Å²) in [6.07, 6.45) is -2.32. The van der Waals surface area contributed by atoms with Gasteiger partial charge in [-0.05, 0) is 24.3 Å². The molecule has 0 aromatic heterocycles. The zero-order valence-corrected chi connectivity index (χ0v) is 8.30. The summed E-state index contributed by atoms with van der Waals surface area (Å²) in [6.45, 7) is -0.304. The van der Waals surface area contributed by atoms with Crippen molar-refractivity contribution in [1.82, 2.24) is 0 Å². The maximum atomic E-state index is 11.9. The quantitative estimate of drug-likeness (QED) is 0.803. The molecule has 0 unspecified atom stereocenters. The van der Waals surface area contributed by atoms with Gasteiger partial charge in [-0.3, -0.25) is 0 Å². The van der Waals surface area contributed by atoms with Gasteiger partial charge in [-0.2, -0.15) is 0 Å². The first-order chi connectivity index (χ1) is 6.59. The Hall–Kier alpha value is -1.32. The minimum absolute atomic E-state index is 0.304. The van der Waals surface area contributed by atoms with Gasteiger partial charge in [0.1, 0.15) is 0 Å². The fraction of sp³-hybridized carbons (Fsp3) is 0.400. The van der Waals surface area contributed by atoms with Crippen LogP contribution in [0.4, 0.5) is 20.2 Å². The van der Waals surface area contributed by atoms with Crippen LogP contribution in [0.15, 0.2) is 24.3 Å². The first-order valence-electron chi connectivity index (χ1n) is 4.39. The number of benzene rings is 1. The van der Waals surface area contributed by atoms with Crippen molar-refractivity contribution >= 4 is 11.4 Å². The maximum absolute atomic E-state index is 11.9. The lowest BCUT2D eigenvalue weighted by Gasteiger charge is -2.13. The number of halogens is 2. The van der Waals surface area contributed by atoms with Crippen LogP contribution in [0.3, 0.4) is 0 Å². The molecule has 0 amide bonds. The molecule has 4 heteroatoms. The molecular weight excluding hydrogens is 186 g/mol. The molecule has 0 aliphatic rings. The predicted molar refractivity (Wildman–Crippen MR) is 55.3 cm³/mol. The van der Waals surface area contributed by atoms with Crippen LogP contribution < -0.4 is 10.2 Å². The average Bonchev–Trinajstić information content (AvgIpc) is 2.15. The zero-order chi connectivity index (χ0) is 10.6. The lowest BCUT2D eigenvalue weighted by Crippen LogP contribution is -2.11. The van der Waals surface area contributed by atoms with Gasteiger partial charge in [0.15, 0.2) is 0 Å². The highest BCUT2D eigenvalue weighted by Gasteiger charge is 2.01. The highest BCUT2D eigenvalue weighted by Crippen LogP contribution is 2.15. The van der Waals surface area contributed by atoms with Gasteiger partial charge >= 0.3 is 0 Å². The van der Waals surface area contributed by atoms with E-state index in [9.17, 15) is 8.78 Å². The minimum Gasteiger partial charge on any atom is -0.379 e. The molecule has 0 heterocycles. The molecule has 0 atom stereocenters. The molecular formula is C10H14F2N2. The lowest BCUT2D eigenvalue weighted by atomic mass is 10.2. The minimum atomic E-state index is -2.32. The summed E-state index contributed by atoms with van der Waals surface area (Å²) in [5.74, 6) is 0. The number of alkyl halides is 2. The molecule has 1 aromatic carbocycles. The van der Waals surface area contributed by atoms with Crippen molar-refractivity contribution in [2.75, 3.05) is 30.9 Å². The van der Waals surface area contributed by atoms with Crippen molar-refractivity contribution in [3.05, 3.63) is 24.3 Å². The van der Waals surface area contributed by atoms with Gasteiger partial charge in [-0.1, -0.05) is 0 Å². The van der Waals surface area contributed by atoms with Gasteiger partial charge in [-0.15, -0.1) is 0 Å². The first-order valence-corrected chi connectivity index (χ1v) is 4.39. The molecule has 0 aliphatic carbocycles. The molecule has 2 nitrogen and oxygen atoms in total. The van der Waals surface area contributed by atoms with Crippen molar-refractivity contribution in [3.63, 3.8) is 0 Å². The Morgan fingerprint density at radius 1 is 1.21 bits per heavy atom. The average molecular weight is 200 g/mol. The highest BCUT2D eigenvalue weighted by atomic mass is 19.3. The Morgan fingerprint density at radius 2 is 1.79 bits per heavy atom. The molecule has 0 bridgehead atoms. The van der Waals surface area contributed by atoms with Crippen LogP contribution in [0.2, 0.25) is 0 Å². The molecule has 1 N–H and O–H groups in total. The smallest absolute Gasteiger partial charge is 0.255 e. The van der Waals surface area contributed by atoms with Crippen LogP contribution in [0.1, 0.15) is 0 Å². The third-order valence-corrected chi connectivity index (χ3v) is 1.84. The number of hydrogen-bond acceptors (Lipinski definition) is 2. The summed E-state index contributed by atoms with van der Waals surface area (Å²) in [5.41, 5.74) is 1.77. The van der Waals surface area contributed by atoms with Gasteiger partial charge in [0, 0.05) is 25.5 Å². The Balaban J connectivity index is 2.55. The van der Waals surface area contributed by atoms with Crippen molar-refractivity contribution in [2.45, 2.75) is 6.43 Å². The Kier molecular flexibility index (Phi) is 3.68. The summed E-state index contributed by atoms with van der Waals surface area (Å²) in [7, 11) is 3.86. The Labute approximate surface area is 82.5 Å². The van der Waals surface area contributed by atoms with Crippen LogP contribution in [-0.2, 0) is 0 Å². The van der Waals surface area contributed by atoms with Gasteiger partial charge < -0.3 is 10.2 Å². The fourth-order valence-corrected chi connectivity index (χ4v) is 1.07. The van der Waals surface area contributed by atoms with E-state index in [0.717, 1.165) is 11.4 Å². The van der Waals surface area contributed by atoms with Crippen molar-refractivity contribution < 1.29 is 8.78 Å². The van der Waals surface area contributed by atoms with Gasteiger partial charge in [0.25, 0.3) is 6.43 Å². The standard InChI is InChI=1S/C10H14F2N2/c1-14(2)9-5-3-8(4-6-9)13-7-10(11)12/h3-6,10,13H,7H2,1-2H3. The van der Waals surface area contributed by atoms with Crippen LogP contribution in [0.5, 0.6) is 0 Å². The molecule has 0 spiro atoms. The van der Waals surface area contributed by atoms with Crippen LogP contribution in [0.25, 0.3) is 0 Å². The summed E-state index contributed by atoms with van der Waals surface area (Å²) in [6, 6.07) is 7.34. The predicted octanol–water partition coefficient (Wildman–Crippen LogP) is 2.43. The molecule has 1 aromatic rings. The van der Waals surface area contributed by atoms with E-state index >= 15 is 0 Å². The van der Waals surface area contributed by atoms with E-state index in [4.69, 9.17) is 0 Å². The molecule has 78 valence electrons. The van der Waals surface area contributed by atoms with E-state index in [1.807, 2.05) is 31.1 Å². The van der Waals surface area contributed by atoms with Gasteiger partial charge in [0.05, 0.1) is 6.54 Å². The molecule has 14 heavy (non-hydrogen) atoms. The second-order valence-corrected chi connectivity index (χ2v) is 3.21. The SMILES string of the molecule is CN(C)c1ccc(NCC(F)F)cc1. The summed E-state index contributed by atoms with van der Waals surface area (Å²) in [5, 5.41) is 2.64. The first kappa shape index (κ1) is 10.8. The number of nitrogens with one attached hydrogen (secondary N) is 1. The Morgan fingerprint density at radius 3 is 2.21 bits per heavy atom. The van der Waals surface area contributed by atoms with Gasteiger partial charge in [0.2, 0.25) is 0 Å². The normalized spacial score (nSPS) is 10.4. The molecule has 0 radical (unpaired) electrons. The van der Waals surface area contributed by atoms with Crippen LogP contribution in [0, 0.1) is 0 Å². The second-order valence-electron chi connectivity index (χ2n) is 3.21. The number of hydrogen-bond donors (Lipinski definition) is 1.